The number of ether oxygens (including phenoxy) is 1. The molecule has 0 aliphatic carbocycles. The van der Waals surface area contributed by atoms with Crippen LogP contribution in [0, 0.1) is 0 Å². The Labute approximate surface area is 161 Å². The maximum absolute atomic E-state index is 11.1. The number of pyridine rings is 2. The van der Waals surface area contributed by atoms with Crippen LogP contribution in [-0.4, -0.2) is 44.4 Å². The highest BCUT2D eigenvalue weighted by molar-refractivity contribution is 7.15. The van der Waals surface area contributed by atoms with Crippen LogP contribution in [0.25, 0.3) is 11.0 Å². The molecule has 27 heavy (non-hydrogen) atoms. The van der Waals surface area contributed by atoms with Gasteiger partial charge in [0.05, 0.1) is 0 Å². The number of nitrogens with zero attached hydrogens (tertiary/aromatic N) is 4. The molecule has 0 bridgehead atoms. The summed E-state index contributed by atoms with van der Waals surface area (Å²) < 4.78 is 6.12. The topological polar surface area (TPSA) is 80.2 Å². The van der Waals surface area contributed by atoms with E-state index in [4.69, 9.17) is 4.74 Å². The molecule has 4 heterocycles. The van der Waals surface area contributed by atoms with E-state index < -0.39 is 0 Å². The molecule has 0 aromatic carbocycles. The van der Waals surface area contributed by atoms with Crippen LogP contribution in [0.3, 0.4) is 0 Å². The maximum atomic E-state index is 11.1. The number of likely N-dealkylation sites (tertiary alicyclic amines) is 1. The van der Waals surface area contributed by atoms with Crippen LogP contribution in [-0.2, 0) is 11.3 Å². The number of rotatable bonds is 5. The lowest BCUT2D eigenvalue weighted by molar-refractivity contribution is -0.114. The predicted octanol–water partition coefficient (Wildman–Crippen LogP) is 3.09. The van der Waals surface area contributed by atoms with Crippen molar-refractivity contribution in [1.82, 2.24) is 19.9 Å². The molecule has 4 rings (SSSR count). The number of amides is 1. The first kappa shape index (κ1) is 17.8. The Morgan fingerprint density at radius 3 is 3.11 bits per heavy atom. The molecule has 1 fully saturated rings. The van der Waals surface area contributed by atoms with Gasteiger partial charge in [0, 0.05) is 61.2 Å². The van der Waals surface area contributed by atoms with Gasteiger partial charge in [-0.15, -0.1) is 11.3 Å². The number of aromatic nitrogens is 3. The molecule has 1 aliphatic rings. The van der Waals surface area contributed by atoms with Gasteiger partial charge in [0.1, 0.15) is 6.10 Å². The van der Waals surface area contributed by atoms with Gasteiger partial charge in [-0.1, -0.05) is 0 Å². The Kier molecular flexibility index (Phi) is 5.00. The number of nitrogens with one attached hydrogen (secondary N) is 1. The van der Waals surface area contributed by atoms with Crippen molar-refractivity contribution in [2.45, 2.75) is 39.0 Å². The SMILES string of the molecule is CC(=O)Nc1ncc(CN2CC(Oc3ccc4cccnc4n3)CC2C)s1. The number of anilines is 1. The molecule has 3 aromatic rings. The van der Waals surface area contributed by atoms with Gasteiger partial charge in [0.15, 0.2) is 10.8 Å². The third-order valence-corrected chi connectivity index (χ3v) is 5.48. The third kappa shape index (κ3) is 4.23. The molecular weight excluding hydrogens is 362 g/mol. The second kappa shape index (κ2) is 7.58. The minimum absolute atomic E-state index is 0.0939. The van der Waals surface area contributed by atoms with Crippen molar-refractivity contribution in [3.05, 3.63) is 41.5 Å². The van der Waals surface area contributed by atoms with Crippen LogP contribution in [0.5, 0.6) is 5.88 Å². The van der Waals surface area contributed by atoms with Crippen molar-refractivity contribution in [3.63, 3.8) is 0 Å². The van der Waals surface area contributed by atoms with Crippen molar-refractivity contribution < 1.29 is 9.53 Å². The van der Waals surface area contributed by atoms with Gasteiger partial charge in [-0.2, -0.15) is 4.98 Å². The van der Waals surface area contributed by atoms with E-state index in [9.17, 15) is 4.79 Å². The number of hydrogen-bond donors (Lipinski definition) is 1. The van der Waals surface area contributed by atoms with E-state index in [2.05, 4.69) is 32.1 Å². The van der Waals surface area contributed by atoms with Crippen molar-refractivity contribution in [3.8, 4) is 5.88 Å². The van der Waals surface area contributed by atoms with Gasteiger partial charge in [-0.05, 0) is 25.1 Å². The van der Waals surface area contributed by atoms with Gasteiger partial charge in [0.2, 0.25) is 11.8 Å². The number of carbonyl (C=O) groups excluding carboxylic acids is 1. The average molecular weight is 383 g/mol. The zero-order valence-corrected chi connectivity index (χ0v) is 16.1. The van der Waals surface area contributed by atoms with E-state index in [0.29, 0.717) is 22.7 Å². The van der Waals surface area contributed by atoms with E-state index in [-0.39, 0.29) is 12.0 Å². The van der Waals surface area contributed by atoms with E-state index >= 15 is 0 Å². The minimum atomic E-state index is -0.101. The lowest BCUT2D eigenvalue weighted by Crippen LogP contribution is -2.27. The maximum Gasteiger partial charge on any atom is 0.223 e. The lowest BCUT2D eigenvalue weighted by Gasteiger charge is -2.19. The van der Waals surface area contributed by atoms with Crippen molar-refractivity contribution in [2.75, 3.05) is 11.9 Å². The lowest BCUT2D eigenvalue weighted by atomic mass is 10.2. The fourth-order valence-corrected chi connectivity index (χ4v) is 4.20. The fraction of sp³-hybridized carbons (Fsp3) is 0.368. The highest BCUT2D eigenvalue weighted by Crippen LogP contribution is 2.27. The van der Waals surface area contributed by atoms with E-state index in [0.717, 1.165) is 29.8 Å². The van der Waals surface area contributed by atoms with E-state index in [1.807, 2.05) is 30.5 Å². The predicted molar refractivity (Wildman–Crippen MR) is 105 cm³/mol. The fourth-order valence-electron chi connectivity index (χ4n) is 3.31. The Morgan fingerprint density at radius 1 is 1.37 bits per heavy atom. The summed E-state index contributed by atoms with van der Waals surface area (Å²) in [6, 6.07) is 8.18. The Bertz CT molecular complexity index is 960. The molecule has 0 radical (unpaired) electrons. The number of fused-ring (bicyclic) bond motifs is 1. The molecule has 0 saturated carbocycles. The zero-order chi connectivity index (χ0) is 18.8. The normalized spacial score (nSPS) is 20.1. The Balaban J connectivity index is 1.38. The summed E-state index contributed by atoms with van der Waals surface area (Å²) in [7, 11) is 0. The van der Waals surface area contributed by atoms with Crippen molar-refractivity contribution in [2.24, 2.45) is 0 Å². The third-order valence-electron chi connectivity index (χ3n) is 4.59. The molecule has 2 atom stereocenters. The average Bonchev–Trinajstić information content (AvgIpc) is 3.21. The molecule has 1 amide bonds. The number of carbonyl (C=O) groups is 1. The van der Waals surface area contributed by atoms with Crippen molar-refractivity contribution in [1.29, 1.82) is 0 Å². The quantitative estimate of drug-likeness (QED) is 0.729. The van der Waals surface area contributed by atoms with Crippen LogP contribution < -0.4 is 10.1 Å². The van der Waals surface area contributed by atoms with Crippen LogP contribution in [0.2, 0.25) is 0 Å². The van der Waals surface area contributed by atoms with Crippen LogP contribution in [0.4, 0.5) is 5.13 Å². The first-order chi connectivity index (χ1) is 13.1. The molecular formula is C19H21N5O2S. The molecule has 7 nitrogen and oxygen atoms in total. The molecule has 140 valence electrons. The Hall–Kier alpha value is -2.58. The van der Waals surface area contributed by atoms with Gasteiger partial charge in [-0.3, -0.25) is 9.69 Å². The summed E-state index contributed by atoms with van der Waals surface area (Å²) in [4.78, 5) is 27.7. The monoisotopic (exact) mass is 383 g/mol. The first-order valence-corrected chi connectivity index (χ1v) is 9.73. The van der Waals surface area contributed by atoms with Crippen LogP contribution >= 0.6 is 11.3 Å². The van der Waals surface area contributed by atoms with E-state index in [1.165, 1.54) is 18.3 Å². The van der Waals surface area contributed by atoms with Crippen molar-refractivity contribution >= 4 is 33.4 Å². The second-order valence-electron chi connectivity index (χ2n) is 6.77. The number of thiazole rings is 1. The molecule has 0 spiro atoms. The van der Waals surface area contributed by atoms with Gasteiger partial charge in [0.25, 0.3) is 0 Å². The summed E-state index contributed by atoms with van der Waals surface area (Å²) in [5, 5.41) is 4.38. The summed E-state index contributed by atoms with van der Waals surface area (Å²) in [5.74, 6) is 0.516. The van der Waals surface area contributed by atoms with Gasteiger partial charge in [-0.25, -0.2) is 9.97 Å². The molecule has 1 N–H and O–H groups in total. The van der Waals surface area contributed by atoms with Crippen LogP contribution in [0.1, 0.15) is 25.1 Å². The highest BCUT2D eigenvalue weighted by atomic mass is 32.1. The zero-order valence-electron chi connectivity index (χ0n) is 15.3. The van der Waals surface area contributed by atoms with Gasteiger partial charge < -0.3 is 10.1 Å². The molecule has 1 saturated heterocycles. The summed E-state index contributed by atoms with van der Waals surface area (Å²) in [6.07, 6.45) is 4.60. The van der Waals surface area contributed by atoms with Crippen LogP contribution in [0.15, 0.2) is 36.7 Å². The largest absolute Gasteiger partial charge is 0.473 e. The standard InChI is InChI=1S/C19H21N5O2S/c1-12-8-15(26-17-6-5-14-4-3-7-20-18(14)23-17)10-24(12)11-16-9-21-19(27-16)22-13(2)25/h3-7,9,12,15H,8,10-11H2,1-2H3,(H,21,22,25). The summed E-state index contributed by atoms with van der Waals surface area (Å²) >= 11 is 1.51. The number of hydrogen-bond acceptors (Lipinski definition) is 7. The first-order valence-electron chi connectivity index (χ1n) is 8.91. The molecule has 1 aliphatic heterocycles. The molecule has 8 heteroatoms. The molecule has 2 unspecified atom stereocenters. The molecule has 3 aromatic heterocycles. The van der Waals surface area contributed by atoms with E-state index in [1.54, 1.807) is 6.20 Å². The minimum Gasteiger partial charge on any atom is -0.473 e. The Morgan fingerprint density at radius 2 is 2.26 bits per heavy atom. The highest BCUT2D eigenvalue weighted by Gasteiger charge is 2.31. The summed E-state index contributed by atoms with van der Waals surface area (Å²) in [6.45, 7) is 5.32. The van der Waals surface area contributed by atoms with Gasteiger partial charge >= 0.3 is 0 Å². The second-order valence-corrected chi connectivity index (χ2v) is 7.88. The smallest absolute Gasteiger partial charge is 0.223 e. The summed E-state index contributed by atoms with van der Waals surface area (Å²) in [5.41, 5.74) is 0.702.